The normalized spacial score (nSPS) is 18.5. The van der Waals surface area contributed by atoms with E-state index in [-0.39, 0.29) is 0 Å². The van der Waals surface area contributed by atoms with Gasteiger partial charge in [-0.1, -0.05) is 30.2 Å². The number of hydrogen-bond acceptors (Lipinski definition) is 1. The van der Waals surface area contributed by atoms with E-state index in [1.54, 1.807) is 0 Å². The van der Waals surface area contributed by atoms with Gasteiger partial charge in [-0.3, -0.25) is 0 Å². The van der Waals surface area contributed by atoms with Crippen LogP contribution in [0.4, 0.5) is 0 Å². The van der Waals surface area contributed by atoms with Gasteiger partial charge >= 0.3 is 0 Å². The summed E-state index contributed by atoms with van der Waals surface area (Å²) in [4.78, 5) is 0. The first-order valence-corrected chi connectivity index (χ1v) is 6.12. The summed E-state index contributed by atoms with van der Waals surface area (Å²) < 4.78 is 0. The van der Waals surface area contributed by atoms with Gasteiger partial charge in [0.2, 0.25) is 0 Å². The van der Waals surface area contributed by atoms with Crippen molar-refractivity contribution in [1.82, 2.24) is 5.32 Å². The molecular weight excluding hydrogens is 206 g/mol. The molecule has 1 N–H and O–H groups in total. The Morgan fingerprint density at radius 1 is 1.47 bits per heavy atom. The number of nitrogens with one attached hydrogen (secondary N) is 1. The number of hydrogen-bond donors (Lipinski definition) is 1. The molecule has 0 unspecified atom stereocenters. The summed E-state index contributed by atoms with van der Waals surface area (Å²) in [6, 6.07) is 8.51. The van der Waals surface area contributed by atoms with Crippen molar-refractivity contribution in [3.8, 4) is 0 Å². The van der Waals surface area contributed by atoms with Gasteiger partial charge < -0.3 is 5.32 Å². The molecule has 0 saturated heterocycles. The maximum atomic E-state index is 5.96. The van der Waals surface area contributed by atoms with Crippen LogP contribution in [0.2, 0.25) is 5.02 Å². The van der Waals surface area contributed by atoms with Gasteiger partial charge in [-0.05, 0) is 49.9 Å². The summed E-state index contributed by atoms with van der Waals surface area (Å²) in [5.41, 5.74) is 1.28. The Balaban J connectivity index is 1.86. The quantitative estimate of drug-likeness (QED) is 0.819. The molecule has 1 saturated carbocycles. The average molecular weight is 224 g/mol. The van der Waals surface area contributed by atoms with E-state index in [0.29, 0.717) is 6.04 Å². The fourth-order valence-electron chi connectivity index (χ4n) is 1.93. The Bertz CT molecular complexity index is 320. The highest BCUT2D eigenvalue weighted by Gasteiger charge is 2.17. The van der Waals surface area contributed by atoms with Gasteiger partial charge in [-0.15, -0.1) is 0 Å². The predicted octanol–water partition coefficient (Wildman–Crippen LogP) is 3.79. The third kappa shape index (κ3) is 2.96. The molecule has 1 fully saturated rings. The Hall–Kier alpha value is -0.530. The zero-order valence-corrected chi connectivity index (χ0v) is 9.93. The predicted molar refractivity (Wildman–Crippen MR) is 65.2 cm³/mol. The summed E-state index contributed by atoms with van der Waals surface area (Å²) in [5.74, 6) is 0.909. The van der Waals surface area contributed by atoms with Crippen molar-refractivity contribution in [3.05, 3.63) is 34.9 Å². The van der Waals surface area contributed by atoms with Crippen LogP contribution in [-0.4, -0.2) is 6.54 Å². The second kappa shape index (κ2) is 5.00. The topological polar surface area (TPSA) is 12.0 Å². The van der Waals surface area contributed by atoms with E-state index in [1.165, 1.54) is 24.8 Å². The van der Waals surface area contributed by atoms with Gasteiger partial charge in [0.1, 0.15) is 0 Å². The first-order chi connectivity index (χ1) is 7.25. The van der Waals surface area contributed by atoms with Crippen molar-refractivity contribution in [3.63, 3.8) is 0 Å². The molecule has 1 nitrogen and oxygen atoms in total. The van der Waals surface area contributed by atoms with Crippen molar-refractivity contribution < 1.29 is 0 Å². The molecule has 1 aliphatic rings. The van der Waals surface area contributed by atoms with Gasteiger partial charge in [0.05, 0.1) is 0 Å². The fraction of sp³-hybridized carbons (Fsp3) is 0.538. The van der Waals surface area contributed by atoms with Crippen LogP contribution in [0.5, 0.6) is 0 Å². The van der Waals surface area contributed by atoms with Crippen molar-refractivity contribution >= 4 is 11.6 Å². The van der Waals surface area contributed by atoms with E-state index < -0.39 is 0 Å². The minimum atomic E-state index is 0.407. The van der Waals surface area contributed by atoms with E-state index in [0.717, 1.165) is 17.5 Å². The molecule has 15 heavy (non-hydrogen) atoms. The molecule has 1 aromatic carbocycles. The Kier molecular flexibility index (Phi) is 3.66. The highest BCUT2D eigenvalue weighted by atomic mass is 35.5. The zero-order chi connectivity index (χ0) is 10.7. The number of halogens is 1. The molecule has 0 radical (unpaired) electrons. The Morgan fingerprint density at radius 2 is 2.27 bits per heavy atom. The Morgan fingerprint density at radius 3 is 2.87 bits per heavy atom. The van der Waals surface area contributed by atoms with Crippen LogP contribution in [0.15, 0.2) is 24.3 Å². The lowest BCUT2D eigenvalue weighted by molar-refractivity contribution is 0.292. The van der Waals surface area contributed by atoms with Crippen LogP contribution in [0.3, 0.4) is 0 Å². The molecule has 2 rings (SSSR count). The highest BCUT2D eigenvalue weighted by molar-refractivity contribution is 6.30. The molecule has 82 valence electrons. The van der Waals surface area contributed by atoms with Crippen LogP contribution < -0.4 is 5.32 Å². The monoisotopic (exact) mass is 223 g/mol. The Labute approximate surface area is 96.8 Å². The highest BCUT2D eigenvalue weighted by Crippen LogP contribution is 2.26. The van der Waals surface area contributed by atoms with E-state index in [9.17, 15) is 0 Å². The maximum absolute atomic E-state index is 5.96. The van der Waals surface area contributed by atoms with Crippen molar-refractivity contribution in [1.29, 1.82) is 0 Å². The number of rotatable bonds is 4. The van der Waals surface area contributed by atoms with Crippen LogP contribution in [0.25, 0.3) is 0 Å². The maximum Gasteiger partial charge on any atom is 0.0409 e. The van der Waals surface area contributed by atoms with E-state index in [1.807, 2.05) is 18.2 Å². The van der Waals surface area contributed by atoms with E-state index in [4.69, 9.17) is 11.6 Å². The van der Waals surface area contributed by atoms with E-state index >= 15 is 0 Å². The molecule has 1 atom stereocenters. The smallest absolute Gasteiger partial charge is 0.0409 e. The van der Waals surface area contributed by atoms with Crippen molar-refractivity contribution in [2.24, 2.45) is 5.92 Å². The summed E-state index contributed by atoms with van der Waals surface area (Å²) in [6.45, 7) is 3.35. The largest absolute Gasteiger partial charge is 0.310 e. The van der Waals surface area contributed by atoms with E-state index in [2.05, 4.69) is 18.3 Å². The second-order valence-corrected chi connectivity index (χ2v) is 4.92. The summed E-state index contributed by atoms with van der Waals surface area (Å²) in [7, 11) is 0. The zero-order valence-electron chi connectivity index (χ0n) is 9.17. The van der Waals surface area contributed by atoms with Crippen LogP contribution in [-0.2, 0) is 0 Å². The molecule has 0 spiro atoms. The van der Waals surface area contributed by atoms with Gasteiger partial charge in [0, 0.05) is 11.1 Å². The minimum absolute atomic E-state index is 0.407. The molecule has 0 aromatic heterocycles. The molecule has 1 aliphatic carbocycles. The third-order valence-electron chi connectivity index (χ3n) is 3.29. The fourth-order valence-corrected chi connectivity index (χ4v) is 2.13. The molecule has 0 amide bonds. The minimum Gasteiger partial charge on any atom is -0.310 e. The first kappa shape index (κ1) is 11.0. The average Bonchev–Trinajstić information content (AvgIpc) is 2.15. The first-order valence-electron chi connectivity index (χ1n) is 5.74. The van der Waals surface area contributed by atoms with Crippen molar-refractivity contribution in [2.75, 3.05) is 6.54 Å². The molecule has 2 heteroatoms. The van der Waals surface area contributed by atoms with Crippen LogP contribution in [0, 0.1) is 5.92 Å². The van der Waals surface area contributed by atoms with Gasteiger partial charge in [-0.2, -0.15) is 0 Å². The number of benzene rings is 1. The van der Waals surface area contributed by atoms with Gasteiger partial charge in [0.25, 0.3) is 0 Å². The molecule has 0 heterocycles. The molecule has 0 aliphatic heterocycles. The second-order valence-electron chi connectivity index (χ2n) is 4.48. The molecule has 0 bridgehead atoms. The lowest BCUT2D eigenvalue weighted by Crippen LogP contribution is -2.29. The lowest BCUT2D eigenvalue weighted by Gasteiger charge is -2.27. The lowest BCUT2D eigenvalue weighted by atomic mass is 9.85. The van der Waals surface area contributed by atoms with Crippen molar-refractivity contribution in [2.45, 2.75) is 32.2 Å². The molecular formula is C13H18ClN. The summed E-state index contributed by atoms with van der Waals surface area (Å²) >= 11 is 5.96. The summed E-state index contributed by atoms with van der Waals surface area (Å²) in [6.07, 6.45) is 4.21. The van der Waals surface area contributed by atoms with Gasteiger partial charge in [0.15, 0.2) is 0 Å². The SMILES string of the molecule is C[C@H](NCC1CCC1)c1cccc(Cl)c1. The third-order valence-corrected chi connectivity index (χ3v) is 3.52. The van der Waals surface area contributed by atoms with Crippen LogP contribution in [0.1, 0.15) is 37.8 Å². The summed E-state index contributed by atoms with van der Waals surface area (Å²) in [5, 5.41) is 4.39. The van der Waals surface area contributed by atoms with Gasteiger partial charge in [-0.25, -0.2) is 0 Å². The van der Waals surface area contributed by atoms with Crippen LogP contribution >= 0.6 is 11.6 Å². The standard InChI is InChI=1S/C13H18ClN/c1-10(15-9-11-4-2-5-11)12-6-3-7-13(14)8-12/h3,6-8,10-11,15H,2,4-5,9H2,1H3/t10-/m0/s1. The molecule has 1 aromatic rings.